The number of aliphatic hydroxyl groups excluding tert-OH is 1. The van der Waals surface area contributed by atoms with Crippen LogP contribution in [0.2, 0.25) is 0 Å². The molecule has 0 amide bonds. The van der Waals surface area contributed by atoms with Crippen molar-refractivity contribution in [1.82, 2.24) is 4.31 Å². The fraction of sp³-hybridized carbons (Fsp3) is 1.00. The van der Waals surface area contributed by atoms with Gasteiger partial charge in [0.1, 0.15) is 0 Å². The summed E-state index contributed by atoms with van der Waals surface area (Å²) in [5.41, 5.74) is -0.685. The van der Waals surface area contributed by atoms with Crippen LogP contribution in [0.3, 0.4) is 0 Å². The standard InChI is InChI=1S/C8H17NO3S/c1-7(10)8(2,3)9-5-4-6-13(9,11)12/h7,10H,4-6H2,1-3H3. The van der Waals surface area contributed by atoms with Crippen LogP contribution in [-0.4, -0.2) is 41.8 Å². The molecule has 1 unspecified atom stereocenters. The van der Waals surface area contributed by atoms with Gasteiger partial charge in [-0.2, -0.15) is 4.31 Å². The molecule has 0 saturated carbocycles. The summed E-state index contributed by atoms with van der Waals surface area (Å²) in [5.74, 6) is 0.211. The van der Waals surface area contributed by atoms with Gasteiger partial charge in [0.25, 0.3) is 0 Å². The van der Waals surface area contributed by atoms with Crippen LogP contribution < -0.4 is 0 Å². The Bertz CT molecular complexity index is 282. The molecule has 1 fully saturated rings. The Hall–Kier alpha value is -0.130. The van der Waals surface area contributed by atoms with E-state index in [9.17, 15) is 13.5 Å². The lowest BCUT2D eigenvalue weighted by molar-refractivity contribution is 0.0514. The Morgan fingerprint density at radius 2 is 2.00 bits per heavy atom. The van der Waals surface area contributed by atoms with Gasteiger partial charge < -0.3 is 5.11 Å². The topological polar surface area (TPSA) is 57.6 Å². The SMILES string of the molecule is CC(O)C(C)(C)N1CCCS1(=O)=O. The first-order chi connectivity index (χ1) is 5.78. The molecule has 4 nitrogen and oxygen atoms in total. The first-order valence-corrected chi connectivity index (χ1v) is 6.08. The third-order valence-electron chi connectivity index (χ3n) is 2.76. The van der Waals surface area contributed by atoms with Crippen LogP contribution in [-0.2, 0) is 10.0 Å². The summed E-state index contributed by atoms with van der Waals surface area (Å²) in [4.78, 5) is 0. The molecule has 0 radical (unpaired) electrons. The van der Waals surface area contributed by atoms with E-state index in [2.05, 4.69) is 0 Å². The molecule has 0 aromatic heterocycles. The number of hydrogen-bond acceptors (Lipinski definition) is 3. The second-order valence-corrected chi connectivity index (χ2v) is 6.08. The maximum absolute atomic E-state index is 11.5. The van der Waals surface area contributed by atoms with Crippen molar-refractivity contribution in [3.63, 3.8) is 0 Å². The largest absolute Gasteiger partial charge is 0.391 e. The van der Waals surface area contributed by atoms with Crippen LogP contribution >= 0.6 is 0 Å². The molecular weight excluding hydrogens is 190 g/mol. The van der Waals surface area contributed by atoms with Gasteiger partial charge in [0, 0.05) is 6.54 Å². The summed E-state index contributed by atoms with van der Waals surface area (Å²) in [6.07, 6.45) is 0.0127. The summed E-state index contributed by atoms with van der Waals surface area (Å²) in [6, 6.07) is 0. The van der Waals surface area contributed by atoms with Crippen LogP contribution in [0.1, 0.15) is 27.2 Å². The van der Waals surface area contributed by atoms with Gasteiger partial charge in [-0.3, -0.25) is 0 Å². The monoisotopic (exact) mass is 207 g/mol. The predicted molar refractivity (Wildman–Crippen MR) is 50.9 cm³/mol. The maximum Gasteiger partial charge on any atom is 0.214 e. The fourth-order valence-corrected chi connectivity index (χ4v) is 3.49. The molecule has 0 aromatic carbocycles. The van der Waals surface area contributed by atoms with Gasteiger partial charge in [-0.05, 0) is 27.2 Å². The van der Waals surface area contributed by atoms with E-state index in [1.54, 1.807) is 20.8 Å². The minimum absolute atomic E-state index is 0.211. The number of rotatable bonds is 2. The van der Waals surface area contributed by atoms with Gasteiger partial charge in [0.2, 0.25) is 10.0 Å². The average Bonchev–Trinajstić information content (AvgIpc) is 2.29. The highest BCUT2D eigenvalue weighted by atomic mass is 32.2. The molecule has 1 aliphatic heterocycles. The summed E-state index contributed by atoms with van der Waals surface area (Å²) in [5, 5.41) is 9.47. The smallest absolute Gasteiger partial charge is 0.214 e. The van der Waals surface area contributed by atoms with Crippen molar-refractivity contribution >= 4 is 10.0 Å². The first-order valence-electron chi connectivity index (χ1n) is 4.47. The number of aliphatic hydroxyl groups is 1. The van der Waals surface area contributed by atoms with E-state index in [4.69, 9.17) is 0 Å². The highest BCUT2D eigenvalue weighted by Gasteiger charge is 2.42. The van der Waals surface area contributed by atoms with Gasteiger partial charge in [-0.1, -0.05) is 0 Å². The Morgan fingerprint density at radius 3 is 2.31 bits per heavy atom. The minimum atomic E-state index is -3.12. The van der Waals surface area contributed by atoms with Crippen LogP contribution in [0, 0.1) is 0 Å². The van der Waals surface area contributed by atoms with Crippen molar-refractivity contribution in [2.45, 2.75) is 38.8 Å². The van der Waals surface area contributed by atoms with Crippen LogP contribution in [0.5, 0.6) is 0 Å². The van der Waals surface area contributed by atoms with Crippen molar-refractivity contribution in [2.24, 2.45) is 0 Å². The summed E-state index contributed by atoms with van der Waals surface area (Å²) < 4.78 is 24.5. The Morgan fingerprint density at radius 1 is 1.46 bits per heavy atom. The minimum Gasteiger partial charge on any atom is -0.391 e. The number of sulfonamides is 1. The van der Waals surface area contributed by atoms with Crippen molar-refractivity contribution < 1.29 is 13.5 Å². The van der Waals surface area contributed by atoms with E-state index >= 15 is 0 Å². The molecule has 78 valence electrons. The fourth-order valence-electron chi connectivity index (χ4n) is 1.49. The lowest BCUT2D eigenvalue weighted by atomic mass is 9.99. The average molecular weight is 207 g/mol. The molecular formula is C8H17NO3S. The highest BCUT2D eigenvalue weighted by Crippen LogP contribution is 2.27. The molecule has 13 heavy (non-hydrogen) atoms. The van der Waals surface area contributed by atoms with E-state index in [1.807, 2.05) is 0 Å². The number of nitrogens with zero attached hydrogens (tertiary/aromatic N) is 1. The van der Waals surface area contributed by atoms with E-state index in [0.29, 0.717) is 13.0 Å². The van der Waals surface area contributed by atoms with E-state index < -0.39 is 21.7 Å². The van der Waals surface area contributed by atoms with Gasteiger partial charge in [-0.15, -0.1) is 0 Å². The normalized spacial score (nSPS) is 26.2. The molecule has 1 rings (SSSR count). The first kappa shape index (κ1) is 10.9. The lowest BCUT2D eigenvalue weighted by Gasteiger charge is -2.36. The second kappa shape index (κ2) is 3.22. The van der Waals surface area contributed by atoms with Crippen molar-refractivity contribution in [3.05, 3.63) is 0 Å². The molecule has 0 spiro atoms. The highest BCUT2D eigenvalue weighted by molar-refractivity contribution is 7.89. The van der Waals surface area contributed by atoms with Crippen molar-refractivity contribution in [1.29, 1.82) is 0 Å². The second-order valence-electron chi connectivity index (χ2n) is 4.07. The molecule has 1 saturated heterocycles. The van der Waals surface area contributed by atoms with E-state index in [1.165, 1.54) is 4.31 Å². The van der Waals surface area contributed by atoms with Crippen molar-refractivity contribution in [3.8, 4) is 0 Å². The third-order valence-corrected chi connectivity index (χ3v) is 4.89. The van der Waals surface area contributed by atoms with Crippen LogP contribution in [0.15, 0.2) is 0 Å². The molecule has 1 atom stereocenters. The molecule has 1 heterocycles. The van der Waals surface area contributed by atoms with E-state index in [-0.39, 0.29) is 5.75 Å². The molecule has 0 aliphatic carbocycles. The summed E-state index contributed by atoms with van der Waals surface area (Å²) in [6.45, 7) is 5.65. The molecule has 5 heteroatoms. The number of hydrogen-bond donors (Lipinski definition) is 1. The Kier molecular flexibility index (Phi) is 2.71. The summed E-state index contributed by atoms with van der Waals surface area (Å²) >= 11 is 0. The Balaban J connectivity index is 2.95. The predicted octanol–water partition coefficient (Wildman–Crippen LogP) is 0.181. The molecule has 1 aliphatic rings. The van der Waals surface area contributed by atoms with Gasteiger partial charge in [-0.25, -0.2) is 8.42 Å². The Labute approximate surface area is 79.6 Å². The van der Waals surface area contributed by atoms with Gasteiger partial charge in [0.05, 0.1) is 17.4 Å². The molecule has 0 aromatic rings. The van der Waals surface area contributed by atoms with Crippen LogP contribution in [0.4, 0.5) is 0 Å². The molecule has 1 N–H and O–H groups in total. The zero-order valence-electron chi connectivity index (χ0n) is 8.32. The third kappa shape index (κ3) is 1.87. The zero-order chi connectivity index (χ0) is 10.3. The molecule has 0 bridgehead atoms. The lowest BCUT2D eigenvalue weighted by Crippen LogP contribution is -2.51. The van der Waals surface area contributed by atoms with Crippen molar-refractivity contribution in [2.75, 3.05) is 12.3 Å². The maximum atomic E-state index is 11.5. The van der Waals surface area contributed by atoms with Crippen LogP contribution in [0.25, 0.3) is 0 Å². The van der Waals surface area contributed by atoms with Gasteiger partial charge in [0.15, 0.2) is 0 Å². The summed E-state index contributed by atoms with van der Waals surface area (Å²) in [7, 11) is -3.12. The van der Waals surface area contributed by atoms with Gasteiger partial charge >= 0.3 is 0 Å². The quantitative estimate of drug-likeness (QED) is 0.703. The van der Waals surface area contributed by atoms with E-state index in [0.717, 1.165) is 0 Å². The zero-order valence-corrected chi connectivity index (χ0v) is 9.13.